The second-order valence-electron chi connectivity index (χ2n) is 5.36. The van der Waals surface area contributed by atoms with Crippen LogP contribution < -0.4 is 5.32 Å². The Hall–Kier alpha value is -2.33. The quantitative estimate of drug-likeness (QED) is 0.891. The number of hydrogen-bond donors (Lipinski definition) is 2. The van der Waals surface area contributed by atoms with Crippen molar-refractivity contribution >= 4 is 6.09 Å². The van der Waals surface area contributed by atoms with Gasteiger partial charge in [0.2, 0.25) is 0 Å². The van der Waals surface area contributed by atoms with Crippen molar-refractivity contribution in [3.8, 4) is 0 Å². The number of aliphatic hydroxyl groups is 1. The zero-order valence-corrected chi connectivity index (χ0v) is 12.9. The van der Waals surface area contributed by atoms with Crippen LogP contribution in [-0.4, -0.2) is 17.8 Å². The molecule has 0 saturated carbocycles. The molecule has 2 N–H and O–H groups in total. The van der Waals surface area contributed by atoms with E-state index in [2.05, 4.69) is 5.32 Å². The standard InChI is InChI=1S/C18H21NO3/c1-13-8-14(2)10-16(9-13)17(11-20)19-18(21)22-12-15-6-4-3-5-7-15/h3-10,17,20H,11-12H2,1-2H3,(H,19,21). The van der Waals surface area contributed by atoms with Gasteiger partial charge in [-0.25, -0.2) is 4.79 Å². The largest absolute Gasteiger partial charge is 0.445 e. The summed E-state index contributed by atoms with van der Waals surface area (Å²) in [5, 5.41) is 12.2. The molecule has 0 aliphatic heterocycles. The molecule has 0 aliphatic carbocycles. The van der Waals surface area contributed by atoms with Crippen LogP contribution in [0.5, 0.6) is 0 Å². The van der Waals surface area contributed by atoms with Gasteiger partial charge in [-0.3, -0.25) is 0 Å². The van der Waals surface area contributed by atoms with Crippen molar-refractivity contribution in [1.29, 1.82) is 0 Å². The van der Waals surface area contributed by atoms with Crippen molar-refractivity contribution in [2.24, 2.45) is 0 Å². The van der Waals surface area contributed by atoms with Gasteiger partial charge < -0.3 is 15.2 Å². The zero-order valence-electron chi connectivity index (χ0n) is 12.9. The van der Waals surface area contributed by atoms with E-state index in [9.17, 15) is 9.90 Å². The van der Waals surface area contributed by atoms with Crippen LogP contribution in [0, 0.1) is 13.8 Å². The molecule has 116 valence electrons. The summed E-state index contributed by atoms with van der Waals surface area (Å²) >= 11 is 0. The van der Waals surface area contributed by atoms with Gasteiger partial charge in [0.15, 0.2) is 0 Å². The lowest BCUT2D eigenvalue weighted by molar-refractivity contribution is 0.129. The molecule has 0 bridgehead atoms. The Morgan fingerprint density at radius 3 is 2.36 bits per heavy atom. The predicted octanol–water partition coefficient (Wildman–Crippen LogP) is 3.26. The molecule has 0 heterocycles. The van der Waals surface area contributed by atoms with Gasteiger partial charge in [-0.05, 0) is 25.0 Å². The zero-order chi connectivity index (χ0) is 15.9. The van der Waals surface area contributed by atoms with Crippen LogP contribution in [0.1, 0.15) is 28.3 Å². The predicted molar refractivity (Wildman–Crippen MR) is 85.5 cm³/mol. The molecule has 0 saturated heterocycles. The summed E-state index contributed by atoms with van der Waals surface area (Å²) in [6, 6.07) is 14.9. The number of carbonyl (C=O) groups is 1. The molecule has 0 aromatic heterocycles. The number of amides is 1. The van der Waals surface area contributed by atoms with E-state index < -0.39 is 12.1 Å². The fourth-order valence-corrected chi connectivity index (χ4v) is 2.35. The molecule has 2 aromatic rings. The van der Waals surface area contributed by atoms with Gasteiger partial charge in [0.25, 0.3) is 0 Å². The summed E-state index contributed by atoms with van der Waals surface area (Å²) in [6.45, 7) is 4.00. The Kier molecular flexibility index (Phi) is 5.55. The number of nitrogens with one attached hydrogen (secondary N) is 1. The summed E-state index contributed by atoms with van der Waals surface area (Å²) in [4.78, 5) is 11.9. The Labute approximate surface area is 130 Å². The number of aryl methyl sites for hydroxylation is 2. The van der Waals surface area contributed by atoms with E-state index in [0.717, 1.165) is 22.3 Å². The van der Waals surface area contributed by atoms with Crippen molar-refractivity contribution in [3.05, 3.63) is 70.8 Å². The van der Waals surface area contributed by atoms with Crippen molar-refractivity contribution in [2.45, 2.75) is 26.5 Å². The van der Waals surface area contributed by atoms with Crippen molar-refractivity contribution in [1.82, 2.24) is 5.32 Å². The number of rotatable bonds is 5. The van der Waals surface area contributed by atoms with Crippen LogP contribution in [0.3, 0.4) is 0 Å². The van der Waals surface area contributed by atoms with Crippen LogP contribution in [0.15, 0.2) is 48.5 Å². The normalized spacial score (nSPS) is 11.8. The van der Waals surface area contributed by atoms with E-state index in [4.69, 9.17) is 4.74 Å². The van der Waals surface area contributed by atoms with Crippen molar-refractivity contribution in [3.63, 3.8) is 0 Å². The van der Waals surface area contributed by atoms with Crippen LogP contribution in [0.25, 0.3) is 0 Å². The Morgan fingerprint density at radius 2 is 1.77 bits per heavy atom. The van der Waals surface area contributed by atoms with Crippen molar-refractivity contribution in [2.75, 3.05) is 6.61 Å². The second kappa shape index (κ2) is 7.61. The number of ether oxygens (including phenoxy) is 1. The third-order valence-electron chi connectivity index (χ3n) is 3.33. The summed E-state index contributed by atoms with van der Waals surface area (Å²) in [5.74, 6) is 0. The van der Waals surface area contributed by atoms with Gasteiger partial charge in [0.05, 0.1) is 12.6 Å². The smallest absolute Gasteiger partial charge is 0.408 e. The summed E-state index contributed by atoms with van der Waals surface area (Å²) in [7, 11) is 0. The maximum Gasteiger partial charge on any atom is 0.408 e. The molecular weight excluding hydrogens is 278 g/mol. The minimum absolute atomic E-state index is 0.177. The third kappa shape index (κ3) is 4.60. The summed E-state index contributed by atoms with van der Waals surface area (Å²) < 4.78 is 5.18. The van der Waals surface area contributed by atoms with Gasteiger partial charge in [-0.15, -0.1) is 0 Å². The number of benzene rings is 2. The minimum atomic E-state index is -0.540. The summed E-state index contributed by atoms with van der Waals surface area (Å²) in [5.41, 5.74) is 3.97. The molecule has 0 fully saturated rings. The molecule has 1 amide bonds. The molecule has 0 spiro atoms. The lowest BCUT2D eigenvalue weighted by Crippen LogP contribution is -2.31. The highest BCUT2D eigenvalue weighted by Gasteiger charge is 2.15. The summed E-state index contributed by atoms with van der Waals surface area (Å²) in [6.07, 6.45) is -0.540. The fraction of sp³-hybridized carbons (Fsp3) is 0.278. The number of carbonyl (C=O) groups excluding carboxylic acids is 1. The second-order valence-corrected chi connectivity index (χ2v) is 5.36. The average Bonchev–Trinajstić information content (AvgIpc) is 2.50. The lowest BCUT2D eigenvalue weighted by atomic mass is 10.0. The number of hydrogen-bond acceptors (Lipinski definition) is 3. The number of aliphatic hydroxyl groups excluding tert-OH is 1. The van der Waals surface area contributed by atoms with Crippen LogP contribution in [0.4, 0.5) is 4.79 Å². The van der Waals surface area contributed by atoms with Gasteiger partial charge in [0, 0.05) is 0 Å². The van der Waals surface area contributed by atoms with E-state index in [1.165, 1.54) is 0 Å². The molecule has 2 rings (SSSR count). The van der Waals surface area contributed by atoms with E-state index >= 15 is 0 Å². The average molecular weight is 299 g/mol. The SMILES string of the molecule is Cc1cc(C)cc(C(CO)NC(=O)OCc2ccccc2)c1. The van der Waals surface area contributed by atoms with Gasteiger partial charge in [-0.1, -0.05) is 59.7 Å². The maximum atomic E-state index is 11.9. The molecule has 1 unspecified atom stereocenters. The molecule has 0 aliphatic rings. The Bertz CT molecular complexity index is 605. The molecular formula is C18H21NO3. The first kappa shape index (κ1) is 16.0. The fourth-order valence-electron chi connectivity index (χ4n) is 2.35. The van der Waals surface area contributed by atoms with E-state index in [1.807, 2.05) is 62.4 Å². The highest BCUT2D eigenvalue weighted by Crippen LogP contribution is 2.17. The highest BCUT2D eigenvalue weighted by molar-refractivity contribution is 5.68. The van der Waals surface area contributed by atoms with Gasteiger partial charge in [-0.2, -0.15) is 0 Å². The maximum absolute atomic E-state index is 11.9. The monoisotopic (exact) mass is 299 g/mol. The topological polar surface area (TPSA) is 58.6 Å². The first-order chi connectivity index (χ1) is 10.6. The van der Waals surface area contributed by atoms with Crippen LogP contribution in [-0.2, 0) is 11.3 Å². The molecule has 1 atom stereocenters. The van der Waals surface area contributed by atoms with Gasteiger partial charge >= 0.3 is 6.09 Å². The van der Waals surface area contributed by atoms with Crippen LogP contribution in [0.2, 0.25) is 0 Å². The molecule has 4 heteroatoms. The van der Waals surface area contributed by atoms with E-state index in [-0.39, 0.29) is 13.2 Å². The molecule has 22 heavy (non-hydrogen) atoms. The van der Waals surface area contributed by atoms with E-state index in [1.54, 1.807) is 0 Å². The Balaban J connectivity index is 1.96. The first-order valence-corrected chi connectivity index (χ1v) is 7.25. The Morgan fingerprint density at radius 1 is 1.14 bits per heavy atom. The molecule has 2 aromatic carbocycles. The highest BCUT2D eigenvalue weighted by atomic mass is 16.5. The minimum Gasteiger partial charge on any atom is -0.445 e. The van der Waals surface area contributed by atoms with Gasteiger partial charge in [0.1, 0.15) is 6.61 Å². The molecule has 4 nitrogen and oxygen atoms in total. The van der Waals surface area contributed by atoms with Crippen LogP contribution >= 0.6 is 0 Å². The van der Waals surface area contributed by atoms with E-state index in [0.29, 0.717) is 0 Å². The molecule has 0 radical (unpaired) electrons. The first-order valence-electron chi connectivity index (χ1n) is 7.25. The third-order valence-corrected chi connectivity index (χ3v) is 3.33. The number of alkyl carbamates (subject to hydrolysis) is 1. The van der Waals surface area contributed by atoms with Crippen molar-refractivity contribution < 1.29 is 14.6 Å². The lowest BCUT2D eigenvalue weighted by Gasteiger charge is -2.18.